The van der Waals surface area contributed by atoms with Gasteiger partial charge < -0.3 is 9.26 Å². The first-order chi connectivity index (χ1) is 10.3. The van der Waals surface area contributed by atoms with Gasteiger partial charge >= 0.3 is 18.2 Å². The third-order valence-corrected chi connectivity index (χ3v) is 2.52. The van der Waals surface area contributed by atoms with Crippen molar-refractivity contribution in [1.82, 2.24) is 15.2 Å². The molecule has 0 bridgehead atoms. The molecule has 0 radical (unpaired) electrons. The van der Waals surface area contributed by atoms with E-state index in [9.17, 15) is 18.0 Å². The molecule has 1 aromatic heterocycles. The van der Waals surface area contributed by atoms with Gasteiger partial charge in [-0.15, -0.1) is 0 Å². The highest BCUT2D eigenvalue weighted by Gasteiger charge is 2.38. The Morgan fingerprint density at radius 2 is 2.00 bits per heavy atom. The van der Waals surface area contributed by atoms with Gasteiger partial charge in [0, 0.05) is 7.05 Å². The van der Waals surface area contributed by atoms with Crippen molar-refractivity contribution in [2.75, 3.05) is 14.2 Å². The fourth-order valence-electron chi connectivity index (χ4n) is 1.42. The Balaban J connectivity index is 2.32. The van der Waals surface area contributed by atoms with Gasteiger partial charge in [-0.05, 0) is 12.1 Å². The van der Waals surface area contributed by atoms with Crippen molar-refractivity contribution < 1.29 is 32.1 Å². The van der Waals surface area contributed by atoms with E-state index in [-0.39, 0.29) is 17.1 Å². The Bertz CT molecular complexity index is 672. The molecular formula is C12H10F3N3O4. The summed E-state index contributed by atoms with van der Waals surface area (Å²) in [5.74, 6) is -1.88. The van der Waals surface area contributed by atoms with Crippen LogP contribution in [0.3, 0.4) is 0 Å². The molecule has 1 aromatic carbocycles. The lowest BCUT2D eigenvalue weighted by Crippen LogP contribution is -2.28. The van der Waals surface area contributed by atoms with Crippen LogP contribution in [0.25, 0.3) is 11.4 Å². The summed E-state index contributed by atoms with van der Waals surface area (Å²) in [5.41, 5.74) is 0.0691. The second-order valence-electron chi connectivity index (χ2n) is 3.97. The number of hydroxylamine groups is 2. The highest BCUT2D eigenvalue weighted by Crippen LogP contribution is 2.32. The molecule has 10 heteroatoms. The minimum Gasteiger partial charge on any atom is -0.408 e. The summed E-state index contributed by atoms with van der Waals surface area (Å²) in [6.07, 6.45) is -5.62. The zero-order chi connectivity index (χ0) is 16.3. The first-order valence-corrected chi connectivity index (χ1v) is 5.83. The van der Waals surface area contributed by atoms with Crippen molar-refractivity contribution in [2.24, 2.45) is 0 Å². The Kier molecular flexibility index (Phi) is 4.31. The number of aromatic nitrogens is 2. The van der Waals surface area contributed by atoms with Crippen LogP contribution in [0.2, 0.25) is 0 Å². The average Bonchev–Trinajstić information content (AvgIpc) is 2.96. The maximum absolute atomic E-state index is 12.5. The first kappa shape index (κ1) is 15.8. The van der Waals surface area contributed by atoms with Gasteiger partial charge in [0.2, 0.25) is 5.82 Å². The standard InChI is InChI=1S/C12H10F3N3O4/c1-18(20-2)11(19)21-8-6-4-3-5-7(8)9-16-10(22-17-9)12(13,14)15/h3-6H,1-2H3. The summed E-state index contributed by atoms with van der Waals surface area (Å²) in [7, 11) is 2.56. The Hall–Kier alpha value is -2.62. The van der Waals surface area contributed by atoms with Crippen molar-refractivity contribution in [3.05, 3.63) is 30.2 Å². The number of hydrogen-bond acceptors (Lipinski definition) is 6. The SMILES string of the molecule is CON(C)C(=O)Oc1ccccc1-c1noc(C(F)(F)F)n1. The average molecular weight is 317 g/mol. The van der Waals surface area contributed by atoms with E-state index < -0.39 is 18.2 Å². The number of halogens is 3. The molecular weight excluding hydrogens is 307 g/mol. The van der Waals surface area contributed by atoms with Crippen LogP contribution in [0.1, 0.15) is 5.89 Å². The van der Waals surface area contributed by atoms with E-state index in [0.29, 0.717) is 0 Å². The Morgan fingerprint density at radius 1 is 1.32 bits per heavy atom. The molecule has 0 atom stereocenters. The molecule has 0 saturated heterocycles. The van der Waals surface area contributed by atoms with E-state index >= 15 is 0 Å². The number of rotatable bonds is 3. The molecule has 7 nitrogen and oxygen atoms in total. The molecule has 0 spiro atoms. The third-order valence-electron chi connectivity index (χ3n) is 2.52. The van der Waals surface area contributed by atoms with Crippen LogP contribution in [0.5, 0.6) is 5.75 Å². The highest BCUT2D eigenvalue weighted by molar-refractivity contribution is 5.74. The summed E-state index contributed by atoms with van der Waals surface area (Å²) >= 11 is 0. The van der Waals surface area contributed by atoms with Gasteiger partial charge in [-0.3, -0.25) is 4.84 Å². The normalized spacial score (nSPS) is 11.3. The van der Waals surface area contributed by atoms with Crippen LogP contribution < -0.4 is 4.74 Å². The number of hydrogen-bond donors (Lipinski definition) is 0. The maximum Gasteiger partial charge on any atom is 0.471 e. The second-order valence-corrected chi connectivity index (χ2v) is 3.97. The molecule has 2 rings (SSSR count). The molecule has 22 heavy (non-hydrogen) atoms. The number of alkyl halides is 3. The fourth-order valence-corrected chi connectivity index (χ4v) is 1.42. The van der Waals surface area contributed by atoms with Crippen molar-refractivity contribution in [3.63, 3.8) is 0 Å². The quantitative estimate of drug-likeness (QED) is 0.810. The van der Waals surface area contributed by atoms with E-state index in [1.54, 1.807) is 0 Å². The number of carbonyl (C=O) groups excluding carboxylic acids is 1. The minimum atomic E-state index is -4.76. The van der Waals surface area contributed by atoms with Crippen LogP contribution in [0.4, 0.5) is 18.0 Å². The summed E-state index contributed by atoms with van der Waals surface area (Å²) in [4.78, 5) is 19.5. The largest absolute Gasteiger partial charge is 0.471 e. The zero-order valence-electron chi connectivity index (χ0n) is 11.4. The molecule has 0 saturated carbocycles. The number of benzene rings is 1. The third kappa shape index (κ3) is 3.34. The Morgan fingerprint density at radius 3 is 2.59 bits per heavy atom. The Labute approximate surface area is 122 Å². The summed E-state index contributed by atoms with van der Waals surface area (Å²) in [6.45, 7) is 0. The van der Waals surface area contributed by atoms with Gasteiger partial charge in [0.05, 0.1) is 12.7 Å². The molecule has 2 aromatic rings. The fraction of sp³-hybridized carbons (Fsp3) is 0.250. The van der Waals surface area contributed by atoms with E-state index in [2.05, 4.69) is 19.5 Å². The van der Waals surface area contributed by atoms with Gasteiger partial charge in [0.15, 0.2) is 0 Å². The summed E-state index contributed by atoms with van der Waals surface area (Å²) in [6, 6.07) is 5.82. The van der Waals surface area contributed by atoms with Crippen LogP contribution in [-0.4, -0.2) is 35.5 Å². The molecule has 0 N–H and O–H groups in total. The maximum atomic E-state index is 12.5. The van der Waals surface area contributed by atoms with E-state index in [0.717, 1.165) is 5.06 Å². The number of para-hydroxylation sites is 1. The summed E-state index contributed by atoms with van der Waals surface area (Å²) in [5, 5.41) is 4.04. The van der Waals surface area contributed by atoms with Crippen LogP contribution in [0, 0.1) is 0 Å². The predicted octanol–water partition coefficient (Wildman–Crippen LogP) is 2.75. The molecule has 0 aliphatic heterocycles. The number of carbonyl (C=O) groups is 1. The number of ether oxygens (including phenoxy) is 1. The van der Waals surface area contributed by atoms with E-state index in [1.807, 2.05) is 0 Å². The molecule has 0 fully saturated rings. The second kappa shape index (κ2) is 6.02. The van der Waals surface area contributed by atoms with Crippen LogP contribution in [0.15, 0.2) is 28.8 Å². The molecule has 0 aliphatic rings. The van der Waals surface area contributed by atoms with E-state index in [4.69, 9.17) is 4.74 Å². The lowest BCUT2D eigenvalue weighted by atomic mass is 10.2. The van der Waals surface area contributed by atoms with Gasteiger partial charge in [-0.25, -0.2) is 4.79 Å². The first-order valence-electron chi connectivity index (χ1n) is 5.83. The van der Waals surface area contributed by atoms with Gasteiger partial charge in [0.1, 0.15) is 5.75 Å². The molecule has 118 valence electrons. The lowest BCUT2D eigenvalue weighted by Gasteiger charge is -2.14. The van der Waals surface area contributed by atoms with Gasteiger partial charge in [-0.2, -0.15) is 23.2 Å². The molecule has 1 amide bonds. The molecule has 0 aliphatic carbocycles. The highest BCUT2D eigenvalue weighted by atomic mass is 19.4. The van der Waals surface area contributed by atoms with E-state index in [1.165, 1.54) is 38.4 Å². The smallest absolute Gasteiger partial charge is 0.408 e. The number of amides is 1. The molecule has 0 unspecified atom stereocenters. The van der Waals surface area contributed by atoms with Crippen LogP contribution >= 0.6 is 0 Å². The topological polar surface area (TPSA) is 77.7 Å². The molecule has 1 heterocycles. The zero-order valence-corrected chi connectivity index (χ0v) is 11.4. The van der Waals surface area contributed by atoms with Gasteiger partial charge in [-0.1, -0.05) is 17.3 Å². The minimum absolute atomic E-state index is 0.0362. The lowest BCUT2D eigenvalue weighted by molar-refractivity contribution is -0.159. The van der Waals surface area contributed by atoms with Crippen molar-refractivity contribution >= 4 is 6.09 Å². The van der Waals surface area contributed by atoms with Gasteiger partial charge in [0.25, 0.3) is 0 Å². The van der Waals surface area contributed by atoms with Crippen LogP contribution in [-0.2, 0) is 11.0 Å². The van der Waals surface area contributed by atoms with Crippen molar-refractivity contribution in [2.45, 2.75) is 6.18 Å². The monoisotopic (exact) mass is 317 g/mol. The number of nitrogens with zero attached hydrogens (tertiary/aromatic N) is 3. The van der Waals surface area contributed by atoms with Crippen molar-refractivity contribution in [3.8, 4) is 17.1 Å². The summed E-state index contributed by atoms with van der Waals surface area (Å²) < 4.78 is 46.6. The van der Waals surface area contributed by atoms with Crippen molar-refractivity contribution in [1.29, 1.82) is 0 Å². The predicted molar refractivity (Wildman–Crippen MR) is 65.5 cm³/mol.